The van der Waals surface area contributed by atoms with E-state index in [2.05, 4.69) is 5.09 Å². The zero-order valence-electron chi connectivity index (χ0n) is 6.49. The summed E-state index contributed by atoms with van der Waals surface area (Å²) in [6.07, 6.45) is 0. The fourth-order valence-electron chi connectivity index (χ4n) is 0.926. The summed E-state index contributed by atoms with van der Waals surface area (Å²) in [6.45, 7) is 1.79. The molecular weight excluding hydrogens is 176 g/mol. The van der Waals surface area contributed by atoms with Crippen molar-refractivity contribution in [2.75, 3.05) is 0 Å². The topological polar surface area (TPSA) is 49.7 Å². The monoisotopic (exact) mass is 183 g/mol. The number of halogens is 1. The van der Waals surface area contributed by atoms with Crippen molar-refractivity contribution in [3.8, 4) is 0 Å². The van der Waals surface area contributed by atoms with Crippen LogP contribution in [0.25, 0.3) is 0 Å². The minimum Gasteiger partial charge on any atom is -0.425 e. The predicted molar refractivity (Wildman–Crippen MR) is 49.6 cm³/mol. The van der Waals surface area contributed by atoms with Gasteiger partial charge in [-0.2, -0.15) is 4.91 Å². The van der Waals surface area contributed by atoms with Gasteiger partial charge in [0, 0.05) is 5.02 Å². The number of rotatable bonds is 2. The number of aryl methyl sites for hydroxylation is 1. The van der Waals surface area contributed by atoms with E-state index in [4.69, 9.17) is 16.6 Å². The molecule has 0 saturated heterocycles. The van der Waals surface area contributed by atoms with Crippen LogP contribution in [0.2, 0.25) is 5.02 Å². The number of hydrogen-bond donors (Lipinski definition) is 1. The molecule has 0 radical (unpaired) electrons. The summed E-state index contributed by atoms with van der Waals surface area (Å²) < 4.78 is 0. The summed E-state index contributed by atoms with van der Waals surface area (Å²) in [4.78, 5) is 10.0. The largest absolute Gasteiger partial charge is 0.519 e. The van der Waals surface area contributed by atoms with Gasteiger partial charge in [-0.1, -0.05) is 34.9 Å². The molecule has 3 nitrogen and oxygen atoms in total. The van der Waals surface area contributed by atoms with Gasteiger partial charge in [0.2, 0.25) is 0 Å². The van der Waals surface area contributed by atoms with Gasteiger partial charge in [-0.3, -0.25) is 0 Å². The van der Waals surface area contributed by atoms with Crippen molar-refractivity contribution in [2.45, 2.75) is 6.92 Å². The molecule has 1 rings (SSSR count). The zero-order chi connectivity index (χ0) is 9.14. The van der Waals surface area contributed by atoms with Crippen LogP contribution in [0, 0.1) is 11.8 Å². The first-order valence-electron chi connectivity index (χ1n) is 3.42. The smallest absolute Gasteiger partial charge is 0.425 e. The summed E-state index contributed by atoms with van der Waals surface area (Å²) in [5.41, 5.74) is 1.17. The Morgan fingerprint density at radius 2 is 2.25 bits per heavy atom. The second kappa shape index (κ2) is 3.69. The molecule has 1 N–H and O–H groups in total. The standard InChI is InChI=1S/C7H7BClNO2/c1-5-3-2-4-6(7(5)9)8(11)10-12/h2-4,11H,1H3. The van der Waals surface area contributed by atoms with Crippen LogP contribution in [0.15, 0.2) is 23.3 Å². The van der Waals surface area contributed by atoms with Crippen LogP contribution in [0.5, 0.6) is 0 Å². The molecule has 0 unspecified atom stereocenters. The Labute approximate surface area is 75.5 Å². The molecular formula is C7H7BClNO2. The second-order valence-corrected chi connectivity index (χ2v) is 2.84. The lowest BCUT2D eigenvalue weighted by molar-refractivity contribution is 0.587. The number of nitrogens with zero attached hydrogens (tertiary/aromatic N) is 1. The van der Waals surface area contributed by atoms with Crippen LogP contribution < -0.4 is 5.46 Å². The molecule has 0 aliphatic rings. The van der Waals surface area contributed by atoms with Crippen LogP contribution in [-0.2, 0) is 0 Å². The number of nitroso groups, excluding NO2 is 1. The third-order valence-electron chi connectivity index (χ3n) is 1.60. The number of hydrogen-bond acceptors (Lipinski definition) is 3. The van der Waals surface area contributed by atoms with E-state index in [1.54, 1.807) is 25.1 Å². The first-order valence-corrected chi connectivity index (χ1v) is 3.80. The molecule has 0 bridgehead atoms. The van der Waals surface area contributed by atoms with Gasteiger partial charge in [-0.15, -0.1) is 0 Å². The average molecular weight is 183 g/mol. The Morgan fingerprint density at radius 1 is 1.58 bits per heavy atom. The van der Waals surface area contributed by atoms with Gasteiger partial charge in [-0.05, 0) is 17.9 Å². The fourth-order valence-corrected chi connectivity index (χ4v) is 1.15. The van der Waals surface area contributed by atoms with Crippen molar-refractivity contribution >= 4 is 24.1 Å². The third-order valence-corrected chi connectivity index (χ3v) is 2.12. The lowest BCUT2D eigenvalue weighted by Gasteiger charge is -2.03. The van der Waals surface area contributed by atoms with Gasteiger partial charge in [-0.25, -0.2) is 0 Å². The SMILES string of the molecule is Cc1cccc(B(O)N=O)c1Cl. The summed E-state index contributed by atoms with van der Waals surface area (Å²) in [7, 11) is -1.36. The minimum atomic E-state index is -1.36. The van der Waals surface area contributed by atoms with E-state index < -0.39 is 7.05 Å². The first kappa shape index (κ1) is 9.22. The van der Waals surface area contributed by atoms with E-state index in [9.17, 15) is 4.91 Å². The highest BCUT2D eigenvalue weighted by atomic mass is 35.5. The lowest BCUT2D eigenvalue weighted by Crippen LogP contribution is -2.28. The summed E-state index contributed by atoms with van der Waals surface area (Å²) in [6, 6.07) is 5.08. The predicted octanol–water partition coefficient (Wildman–Crippen LogP) is 1.10. The van der Waals surface area contributed by atoms with Crippen LogP contribution in [0.3, 0.4) is 0 Å². The highest BCUT2D eigenvalue weighted by Crippen LogP contribution is 2.11. The minimum absolute atomic E-state index is 0.353. The molecule has 1 aromatic rings. The Balaban J connectivity index is 3.15. The Bertz CT molecular complexity index is 305. The van der Waals surface area contributed by atoms with Crippen molar-refractivity contribution < 1.29 is 5.02 Å². The van der Waals surface area contributed by atoms with E-state index in [1.807, 2.05) is 0 Å². The van der Waals surface area contributed by atoms with Crippen LogP contribution >= 0.6 is 11.6 Å². The van der Waals surface area contributed by atoms with E-state index in [-0.39, 0.29) is 0 Å². The second-order valence-electron chi connectivity index (χ2n) is 2.46. The van der Waals surface area contributed by atoms with Crippen LogP contribution in [0.4, 0.5) is 0 Å². The number of benzene rings is 1. The zero-order valence-corrected chi connectivity index (χ0v) is 7.25. The van der Waals surface area contributed by atoms with Crippen molar-refractivity contribution in [3.05, 3.63) is 33.7 Å². The molecule has 62 valence electrons. The highest BCUT2D eigenvalue weighted by Gasteiger charge is 2.19. The molecule has 0 amide bonds. The molecule has 1 aromatic carbocycles. The van der Waals surface area contributed by atoms with Gasteiger partial charge >= 0.3 is 7.05 Å². The maximum atomic E-state index is 10.0. The maximum Gasteiger partial charge on any atom is 0.519 e. The van der Waals surface area contributed by atoms with Gasteiger partial charge < -0.3 is 5.02 Å². The van der Waals surface area contributed by atoms with Gasteiger partial charge in [0.25, 0.3) is 0 Å². The van der Waals surface area contributed by atoms with E-state index in [1.165, 1.54) is 0 Å². The van der Waals surface area contributed by atoms with Gasteiger partial charge in [0.05, 0.1) is 0 Å². The summed E-state index contributed by atoms with van der Waals surface area (Å²) in [5, 5.41) is 11.9. The third kappa shape index (κ3) is 1.65. The molecule has 0 heterocycles. The molecule has 0 spiro atoms. The van der Waals surface area contributed by atoms with E-state index >= 15 is 0 Å². The van der Waals surface area contributed by atoms with Crippen molar-refractivity contribution in [1.29, 1.82) is 0 Å². The van der Waals surface area contributed by atoms with Crippen LogP contribution in [-0.4, -0.2) is 12.1 Å². The highest BCUT2D eigenvalue weighted by molar-refractivity contribution is 6.67. The summed E-state index contributed by atoms with van der Waals surface area (Å²) in [5.74, 6) is 0. The maximum absolute atomic E-state index is 10.0. The van der Waals surface area contributed by atoms with Crippen LogP contribution in [0.1, 0.15) is 5.56 Å². The van der Waals surface area contributed by atoms with Gasteiger partial charge in [0.15, 0.2) is 0 Å². The molecule has 12 heavy (non-hydrogen) atoms. The summed E-state index contributed by atoms with van der Waals surface area (Å²) >= 11 is 5.81. The fraction of sp³-hybridized carbons (Fsp3) is 0.143. The molecule has 0 aliphatic heterocycles. The molecule has 0 atom stereocenters. The average Bonchev–Trinajstić information content (AvgIpc) is 2.08. The van der Waals surface area contributed by atoms with Crippen molar-refractivity contribution in [2.24, 2.45) is 5.09 Å². The van der Waals surface area contributed by atoms with Gasteiger partial charge in [0.1, 0.15) is 0 Å². The Hall–Kier alpha value is -0.865. The molecule has 0 saturated carbocycles. The Kier molecular flexibility index (Phi) is 2.84. The first-order chi connectivity index (χ1) is 5.66. The molecule has 0 aromatic heterocycles. The molecule has 0 fully saturated rings. The molecule has 0 aliphatic carbocycles. The lowest BCUT2D eigenvalue weighted by atomic mass is 9.75. The Morgan fingerprint density at radius 3 is 2.83 bits per heavy atom. The van der Waals surface area contributed by atoms with E-state index in [0.717, 1.165) is 5.56 Å². The quantitative estimate of drug-likeness (QED) is 0.551. The van der Waals surface area contributed by atoms with Crippen molar-refractivity contribution in [3.63, 3.8) is 0 Å². The van der Waals surface area contributed by atoms with E-state index in [0.29, 0.717) is 10.5 Å². The van der Waals surface area contributed by atoms with Crippen molar-refractivity contribution in [1.82, 2.24) is 0 Å². The normalized spacial score (nSPS) is 9.58. The molecule has 5 heteroatoms.